The Hall–Kier alpha value is -2.12. The van der Waals surface area contributed by atoms with Crippen molar-refractivity contribution in [1.29, 1.82) is 0 Å². The standard InChI is InChI=1S/C17H23N3O3S/c1-3-20(4-2)14(15-6-5-8-23-15)10-18-16(21)11-19-17(22)13-7-9-24-12-13/h5-9,12,14H,3-4,10-11H2,1-2H3,(H,18,21)(H,19,22)/t14-/m0/s1. The summed E-state index contributed by atoms with van der Waals surface area (Å²) >= 11 is 1.45. The van der Waals surface area contributed by atoms with Gasteiger partial charge in [-0.3, -0.25) is 14.5 Å². The molecule has 1 atom stereocenters. The van der Waals surface area contributed by atoms with E-state index >= 15 is 0 Å². The van der Waals surface area contributed by atoms with Gasteiger partial charge in [-0.05, 0) is 36.7 Å². The maximum absolute atomic E-state index is 12.0. The molecule has 0 spiro atoms. The minimum absolute atomic E-state index is 0.0217. The summed E-state index contributed by atoms with van der Waals surface area (Å²) < 4.78 is 5.50. The predicted molar refractivity (Wildman–Crippen MR) is 94.0 cm³/mol. The number of likely N-dealkylation sites (N-methyl/N-ethyl adjacent to an activating group) is 1. The molecular weight excluding hydrogens is 326 g/mol. The number of carbonyl (C=O) groups is 2. The first-order valence-corrected chi connectivity index (χ1v) is 8.94. The summed E-state index contributed by atoms with van der Waals surface area (Å²) in [6.07, 6.45) is 1.63. The van der Waals surface area contributed by atoms with Crippen molar-refractivity contribution in [2.45, 2.75) is 19.9 Å². The van der Waals surface area contributed by atoms with Crippen LogP contribution in [0.5, 0.6) is 0 Å². The van der Waals surface area contributed by atoms with Crippen LogP contribution in [-0.4, -0.2) is 42.9 Å². The van der Waals surface area contributed by atoms with Crippen LogP contribution in [0.3, 0.4) is 0 Å². The van der Waals surface area contributed by atoms with Gasteiger partial charge in [0.2, 0.25) is 5.91 Å². The number of furan rings is 1. The van der Waals surface area contributed by atoms with Crippen molar-refractivity contribution in [3.63, 3.8) is 0 Å². The maximum Gasteiger partial charge on any atom is 0.252 e. The lowest BCUT2D eigenvalue weighted by Crippen LogP contribution is -2.42. The fraction of sp³-hybridized carbons (Fsp3) is 0.412. The molecule has 2 aromatic rings. The van der Waals surface area contributed by atoms with E-state index in [2.05, 4.69) is 29.4 Å². The van der Waals surface area contributed by atoms with Gasteiger partial charge >= 0.3 is 0 Å². The van der Waals surface area contributed by atoms with Crippen LogP contribution in [0.1, 0.15) is 36.0 Å². The summed E-state index contributed by atoms with van der Waals surface area (Å²) in [5, 5.41) is 9.06. The SMILES string of the molecule is CCN(CC)[C@@H](CNC(=O)CNC(=O)c1ccsc1)c1ccco1. The van der Waals surface area contributed by atoms with E-state index in [-0.39, 0.29) is 24.4 Å². The van der Waals surface area contributed by atoms with Crippen molar-refractivity contribution >= 4 is 23.2 Å². The van der Waals surface area contributed by atoms with Gasteiger partial charge in [-0.2, -0.15) is 11.3 Å². The molecule has 0 radical (unpaired) electrons. The first-order chi connectivity index (χ1) is 11.7. The van der Waals surface area contributed by atoms with Gasteiger partial charge in [-0.15, -0.1) is 0 Å². The molecule has 2 heterocycles. The summed E-state index contributed by atoms with van der Waals surface area (Å²) in [4.78, 5) is 26.1. The Balaban J connectivity index is 1.84. The molecule has 2 rings (SSSR count). The summed E-state index contributed by atoms with van der Waals surface area (Å²) in [5.41, 5.74) is 0.574. The van der Waals surface area contributed by atoms with Gasteiger partial charge in [-0.1, -0.05) is 13.8 Å². The van der Waals surface area contributed by atoms with Crippen LogP contribution in [0.4, 0.5) is 0 Å². The lowest BCUT2D eigenvalue weighted by atomic mass is 10.2. The molecule has 0 unspecified atom stereocenters. The quantitative estimate of drug-likeness (QED) is 0.728. The first-order valence-electron chi connectivity index (χ1n) is 8.00. The molecule has 2 amide bonds. The zero-order valence-electron chi connectivity index (χ0n) is 14.0. The number of hydrogen-bond acceptors (Lipinski definition) is 5. The number of hydrogen-bond donors (Lipinski definition) is 2. The highest BCUT2D eigenvalue weighted by Gasteiger charge is 2.21. The van der Waals surface area contributed by atoms with Crippen LogP contribution in [0.25, 0.3) is 0 Å². The molecule has 0 aromatic carbocycles. The van der Waals surface area contributed by atoms with Gasteiger partial charge < -0.3 is 15.1 Å². The van der Waals surface area contributed by atoms with Crippen LogP contribution >= 0.6 is 11.3 Å². The topological polar surface area (TPSA) is 74.6 Å². The molecule has 2 aromatic heterocycles. The van der Waals surface area contributed by atoms with Crippen molar-refractivity contribution in [2.24, 2.45) is 0 Å². The highest BCUT2D eigenvalue weighted by molar-refractivity contribution is 7.08. The maximum atomic E-state index is 12.0. The van der Waals surface area contributed by atoms with Crippen molar-refractivity contribution in [1.82, 2.24) is 15.5 Å². The largest absolute Gasteiger partial charge is 0.468 e. The minimum Gasteiger partial charge on any atom is -0.468 e. The van der Waals surface area contributed by atoms with E-state index in [9.17, 15) is 9.59 Å². The molecule has 24 heavy (non-hydrogen) atoms. The van der Waals surface area contributed by atoms with E-state index in [1.807, 2.05) is 17.5 Å². The highest BCUT2D eigenvalue weighted by atomic mass is 32.1. The van der Waals surface area contributed by atoms with E-state index in [0.717, 1.165) is 18.8 Å². The highest BCUT2D eigenvalue weighted by Crippen LogP contribution is 2.20. The Bertz CT molecular complexity index is 622. The van der Waals surface area contributed by atoms with Gasteiger partial charge in [0.15, 0.2) is 0 Å². The average Bonchev–Trinajstić information content (AvgIpc) is 3.29. The van der Waals surface area contributed by atoms with Crippen molar-refractivity contribution in [3.05, 3.63) is 46.5 Å². The second kappa shape index (κ2) is 9.24. The van der Waals surface area contributed by atoms with Crippen molar-refractivity contribution in [3.8, 4) is 0 Å². The molecule has 0 aliphatic rings. The Morgan fingerprint density at radius 2 is 2.04 bits per heavy atom. The molecule has 7 heteroatoms. The molecule has 0 aliphatic carbocycles. The summed E-state index contributed by atoms with van der Waals surface area (Å²) in [7, 11) is 0. The molecule has 0 saturated carbocycles. The van der Waals surface area contributed by atoms with Crippen LogP contribution in [0.2, 0.25) is 0 Å². The number of nitrogens with one attached hydrogen (secondary N) is 2. The number of amides is 2. The minimum atomic E-state index is -0.238. The third kappa shape index (κ3) is 4.94. The fourth-order valence-corrected chi connectivity index (χ4v) is 3.12. The summed E-state index contributed by atoms with van der Waals surface area (Å²) in [6.45, 7) is 6.24. The van der Waals surface area contributed by atoms with Gasteiger partial charge in [0, 0.05) is 17.5 Å². The van der Waals surface area contributed by atoms with Crippen LogP contribution in [0.15, 0.2) is 39.6 Å². The van der Waals surface area contributed by atoms with E-state index in [4.69, 9.17) is 4.42 Å². The van der Waals surface area contributed by atoms with E-state index in [0.29, 0.717) is 12.1 Å². The second-order valence-corrected chi connectivity index (χ2v) is 6.03. The third-order valence-corrected chi connectivity index (χ3v) is 4.49. The first kappa shape index (κ1) is 18.2. The zero-order chi connectivity index (χ0) is 17.4. The normalized spacial score (nSPS) is 12.1. The molecule has 130 valence electrons. The van der Waals surface area contributed by atoms with E-state index in [1.165, 1.54) is 11.3 Å². The molecule has 2 N–H and O–H groups in total. The fourth-order valence-electron chi connectivity index (χ4n) is 2.48. The third-order valence-electron chi connectivity index (χ3n) is 3.81. The Morgan fingerprint density at radius 3 is 2.62 bits per heavy atom. The molecule has 6 nitrogen and oxygen atoms in total. The smallest absolute Gasteiger partial charge is 0.252 e. The molecular formula is C17H23N3O3S. The Morgan fingerprint density at radius 1 is 1.25 bits per heavy atom. The molecule has 0 aliphatic heterocycles. The lowest BCUT2D eigenvalue weighted by molar-refractivity contribution is -0.120. The van der Waals surface area contributed by atoms with E-state index < -0.39 is 0 Å². The number of rotatable bonds is 9. The molecule has 0 bridgehead atoms. The van der Waals surface area contributed by atoms with Gasteiger partial charge in [-0.25, -0.2) is 0 Å². The average molecular weight is 349 g/mol. The van der Waals surface area contributed by atoms with E-state index in [1.54, 1.807) is 17.7 Å². The lowest BCUT2D eigenvalue weighted by Gasteiger charge is -2.28. The van der Waals surface area contributed by atoms with Gasteiger partial charge in [0.05, 0.1) is 18.8 Å². The van der Waals surface area contributed by atoms with Crippen LogP contribution < -0.4 is 10.6 Å². The van der Waals surface area contributed by atoms with Gasteiger partial charge in [0.1, 0.15) is 5.76 Å². The Labute approximate surface area is 145 Å². The summed E-state index contributed by atoms with van der Waals surface area (Å²) in [5.74, 6) is 0.362. The van der Waals surface area contributed by atoms with Crippen LogP contribution in [-0.2, 0) is 4.79 Å². The second-order valence-electron chi connectivity index (χ2n) is 5.25. The number of carbonyl (C=O) groups excluding carboxylic acids is 2. The monoisotopic (exact) mass is 349 g/mol. The number of nitrogens with zero attached hydrogens (tertiary/aromatic N) is 1. The molecule has 0 fully saturated rings. The Kier molecular flexibility index (Phi) is 7.02. The summed E-state index contributed by atoms with van der Waals surface area (Å²) in [6, 6.07) is 5.46. The number of thiophene rings is 1. The zero-order valence-corrected chi connectivity index (χ0v) is 14.8. The predicted octanol–water partition coefficient (Wildman–Crippen LogP) is 2.27. The van der Waals surface area contributed by atoms with Crippen molar-refractivity contribution < 1.29 is 14.0 Å². The molecule has 0 saturated heterocycles. The van der Waals surface area contributed by atoms with Gasteiger partial charge in [0.25, 0.3) is 5.91 Å². The van der Waals surface area contributed by atoms with Crippen molar-refractivity contribution in [2.75, 3.05) is 26.2 Å². The van der Waals surface area contributed by atoms with Crippen LogP contribution in [0, 0.1) is 0 Å².